The van der Waals surface area contributed by atoms with Crippen LogP contribution in [0.5, 0.6) is 0 Å². The van der Waals surface area contributed by atoms with Crippen LogP contribution < -0.4 is 21.1 Å². The van der Waals surface area contributed by atoms with Crippen molar-refractivity contribution in [2.45, 2.75) is 17.4 Å². The van der Waals surface area contributed by atoms with E-state index in [1.54, 1.807) is 0 Å². The minimum Gasteiger partial charge on any atom is -0.338 e. The van der Waals surface area contributed by atoms with Crippen molar-refractivity contribution in [3.05, 3.63) is 65.0 Å². The maximum absolute atomic E-state index is 13.2. The standard InChI is InChI=1S/C20H19BrN6O2S/c21-13-8-6-12(7-9-13)17-23-16(29-26-17)11-30-20-24-18-15(10-22-25-18)19(28)27(20)14-4-2-1-3-5-14/h1-9,15,18,20,22,24-25H,10-11H2. The maximum Gasteiger partial charge on any atom is 0.237 e. The van der Waals surface area contributed by atoms with E-state index in [0.29, 0.717) is 24.0 Å². The lowest BCUT2D eigenvalue weighted by molar-refractivity contribution is -0.124. The zero-order valence-corrected chi connectivity index (χ0v) is 18.2. The van der Waals surface area contributed by atoms with Gasteiger partial charge in [-0.15, -0.1) is 11.8 Å². The number of carbonyl (C=O) groups excluding carboxylic acids is 1. The van der Waals surface area contributed by atoms with E-state index in [9.17, 15) is 4.79 Å². The van der Waals surface area contributed by atoms with Crippen LogP contribution >= 0.6 is 27.7 Å². The molecule has 2 saturated heterocycles. The molecule has 1 amide bonds. The number of rotatable bonds is 5. The molecule has 0 bridgehead atoms. The number of anilines is 1. The lowest BCUT2D eigenvalue weighted by Gasteiger charge is -2.41. The molecule has 1 aromatic heterocycles. The minimum atomic E-state index is -0.267. The molecule has 154 valence electrons. The van der Waals surface area contributed by atoms with Gasteiger partial charge in [0.2, 0.25) is 17.6 Å². The maximum atomic E-state index is 13.2. The van der Waals surface area contributed by atoms with Crippen molar-refractivity contribution in [1.82, 2.24) is 26.3 Å². The molecule has 0 saturated carbocycles. The quantitative estimate of drug-likeness (QED) is 0.506. The summed E-state index contributed by atoms with van der Waals surface area (Å²) in [7, 11) is 0. The Hall–Kier alpha value is -2.24. The van der Waals surface area contributed by atoms with Crippen LogP contribution in [0.25, 0.3) is 11.4 Å². The second-order valence-electron chi connectivity index (χ2n) is 7.00. The Morgan fingerprint density at radius 1 is 1.17 bits per heavy atom. The van der Waals surface area contributed by atoms with Crippen LogP contribution in [0, 0.1) is 5.92 Å². The Bertz CT molecular complexity index is 1030. The van der Waals surface area contributed by atoms with Gasteiger partial charge in [-0.1, -0.05) is 39.3 Å². The largest absolute Gasteiger partial charge is 0.338 e. The van der Waals surface area contributed by atoms with Crippen molar-refractivity contribution in [3.63, 3.8) is 0 Å². The van der Waals surface area contributed by atoms with Gasteiger partial charge in [-0.3, -0.25) is 20.4 Å². The van der Waals surface area contributed by atoms with Crippen molar-refractivity contribution >= 4 is 39.3 Å². The van der Waals surface area contributed by atoms with Crippen molar-refractivity contribution in [2.75, 3.05) is 11.4 Å². The van der Waals surface area contributed by atoms with Crippen molar-refractivity contribution in [2.24, 2.45) is 5.92 Å². The van der Waals surface area contributed by atoms with Gasteiger partial charge in [0.15, 0.2) is 0 Å². The van der Waals surface area contributed by atoms with Gasteiger partial charge >= 0.3 is 0 Å². The fourth-order valence-electron chi connectivity index (χ4n) is 3.56. The highest BCUT2D eigenvalue weighted by molar-refractivity contribution is 9.10. The number of thioether (sulfide) groups is 1. The van der Waals surface area contributed by atoms with E-state index in [2.05, 4.69) is 42.2 Å². The molecule has 30 heavy (non-hydrogen) atoms. The zero-order chi connectivity index (χ0) is 20.5. The fourth-order valence-corrected chi connectivity index (χ4v) is 4.86. The van der Waals surface area contributed by atoms with Crippen molar-refractivity contribution in [3.8, 4) is 11.4 Å². The SMILES string of the molecule is O=C1C2CNNC2NC(SCc2nc(-c3ccc(Br)cc3)no2)N1c1ccccc1. The predicted molar refractivity (Wildman–Crippen MR) is 118 cm³/mol. The Morgan fingerprint density at radius 3 is 2.77 bits per heavy atom. The van der Waals surface area contributed by atoms with Gasteiger partial charge in [-0.2, -0.15) is 4.98 Å². The summed E-state index contributed by atoms with van der Waals surface area (Å²) in [5.41, 5.74) is 7.70. The molecule has 3 unspecified atom stereocenters. The summed E-state index contributed by atoms with van der Waals surface area (Å²) in [6.07, 6.45) is -0.115. The summed E-state index contributed by atoms with van der Waals surface area (Å²) in [5, 5.41) is 7.60. The van der Waals surface area contributed by atoms with E-state index < -0.39 is 0 Å². The van der Waals surface area contributed by atoms with Crippen molar-refractivity contribution in [1.29, 1.82) is 0 Å². The van der Waals surface area contributed by atoms with E-state index >= 15 is 0 Å². The van der Waals surface area contributed by atoms with Crippen LogP contribution in [-0.2, 0) is 10.5 Å². The molecule has 3 heterocycles. The molecule has 3 aromatic rings. The van der Waals surface area contributed by atoms with Crippen LogP contribution in [0.15, 0.2) is 63.6 Å². The van der Waals surface area contributed by atoms with Crippen LogP contribution in [0.3, 0.4) is 0 Å². The number of hydrazine groups is 1. The van der Waals surface area contributed by atoms with Gasteiger partial charge in [0.05, 0.1) is 17.8 Å². The molecule has 2 aromatic carbocycles. The molecule has 2 aliphatic rings. The Labute approximate surface area is 185 Å². The Kier molecular flexibility index (Phi) is 5.57. The summed E-state index contributed by atoms with van der Waals surface area (Å²) < 4.78 is 6.44. The third kappa shape index (κ3) is 3.88. The highest BCUT2D eigenvalue weighted by Gasteiger charge is 2.44. The predicted octanol–water partition coefficient (Wildman–Crippen LogP) is 2.70. The van der Waals surface area contributed by atoms with E-state index in [0.717, 1.165) is 15.7 Å². The number of para-hydroxylation sites is 1. The third-order valence-electron chi connectivity index (χ3n) is 5.06. The van der Waals surface area contributed by atoms with E-state index in [-0.39, 0.29) is 23.5 Å². The number of hydrogen-bond donors (Lipinski definition) is 3. The third-order valence-corrected chi connectivity index (χ3v) is 6.67. The minimum absolute atomic E-state index is 0.0843. The number of aromatic nitrogens is 2. The average Bonchev–Trinajstić information content (AvgIpc) is 3.43. The number of nitrogens with zero attached hydrogens (tertiary/aromatic N) is 3. The summed E-state index contributed by atoms with van der Waals surface area (Å²) in [6, 6.07) is 17.4. The molecular formula is C20H19BrN6O2S. The van der Waals surface area contributed by atoms with Crippen LogP contribution in [0.1, 0.15) is 5.89 Å². The zero-order valence-electron chi connectivity index (χ0n) is 15.8. The molecule has 2 aliphatic heterocycles. The number of amides is 1. The number of nitrogens with one attached hydrogen (secondary N) is 3. The number of benzene rings is 2. The number of carbonyl (C=O) groups is 1. The molecule has 0 spiro atoms. The lowest BCUT2D eigenvalue weighted by atomic mass is 10.0. The summed E-state index contributed by atoms with van der Waals surface area (Å²) in [5.74, 6) is 1.46. The summed E-state index contributed by atoms with van der Waals surface area (Å²) in [6.45, 7) is 0.595. The van der Waals surface area contributed by atoms with E-state index in [1.807, 2.05) is 59.5 Å². The fraction of sp³-hybridized carbons (Fsp3) is 0.250. The van der Waals surface area contributed by atoms with Crippen LogP contribution in [0.4, 0.5) is 5.69 Å². The van der Waals surface area contributed by atoms with Crippen LogP contribution in [0.2, 0.25) is 0 Å². The van der Waals surface area contributed by atoms with Gasteiger partial charge in [-0.25, -0.2) is 5.43 Å². The highest BCUT2D eigenvalue weighted by atomic mass is 79.9. The average molecular weight is 487 g/mol. The Morgan fingerprint density at radius 2 is 1.97 bits per heavy atom. The number of halogens is 1. The van der Waals surface area contributed by atoms with Crippen LogP contribution in [-0.4, -0.2) is 34.3 Å². The molecular weight excluding hydrogens is 468 g/mol. The second-order valence-corrected chi connectivity index (χ2v) is 8.99. The Balaban J connectivity index is 1.33. The number of fused-ring (bicyclic) bond motifs is 1. The summed E-state index contributed by atoms with van der Waals surface area (Å²) in [4.78, 5) is 19.5. The molecule has 5 rings (SSSR count). The topological polar surface area (TPSA) is 95.3 Å². The molecule has 3 atom stereocenters. The van der Waals surface area contributed by atoms with Gasteiger partial charge in [-0.05, 0) is 36.4 Å². The van der Waals surface area contributed by atoms with Gasteiger partial charge in [0, 0.05) is 22.3 Å². The lowest BCUT2D eigenvalue weighted by Crippen LogP contribution is -2.64. The molecule has 8 nitrogen and oxygen atoms in total. The molecule has 10 heteroatoms. The smallest absolute Gasteiger partial charge is 0.237 e. The van der Waals surface area contributed by atoms with Gasteiger partial charge in [0.1, 0.15) is 5.50 Å². The molecule has 2 fully saturated rings. The summed E-state index contributed by atoms with van der Waals surface area (Å²) >= 11 is 4.96. The normalized spacial score (nSPS) is 23.6. The second kappa shape index (κ2) is 8.48. The first-order valence-electron chi connectivity index (χ1n) is 9.52. The first-order valence-corrected chi connectivity index (χ1v) is 11.4. The van der Waals surface area contributed by atoms with Crippen molar-refractivity contribution < 1.29 is 9.32 Å². The van der Waals surface area contributed by atoms with E-state index in [1.165, 1.54) is 11.8 Å². The van der Waals surface area contributed by atoms with Gasteiger partial charge < -0.3 is 4.52 Å². The molecule has 0 aliphatic carbocycles. The highest BCUT2D eigenvalue weighted by Crippen LogP contribution is 2.31. The first kappa shape index (κ1) is 19.7. The first-order chi connectivity index (χ1) is 14.7. The molecule has 0 radical (unpaired) electrons. The van der Waals surface area contributed by atoms with E-state index in [4.69, 9.17) is 4.52 Å². The number of hydrogen-bond acceptors (Lipinski definition) is 8. The monoisotopic (exact) mass is 486 g/mol. The molecule has 3 N–H and O–H groups in total. The van der Waals surface area contributed by atoms with Gasteiger partial charge in [0.25, 0.3) is 0 Å².